The van der Waals surface area contributed by atoms with Crippen LogP contribution in [0.4, 0.5) is 5.69 Å². The average Bonchev–Trinajstić information content (AvgIpc) is 3.10. The molecule has 2 aliphatic rings. The zero-order chi connectivity index (χ0) is 19.8. The Labute approximate surface area is 167 Å². The normalized spacial score (nSPS) is 17.5. The van der Waals surface area contributed by atoms with Crippen molar-refractivity contribution < 1.29 is 4.79 Å². The number of carbonyl (C=O) groups is 1. The van der Waals surface area contributed by atoms with Crippen molar-refractivity contribution in [2.75, 3.05) is 19.0 Å². The van der Waals surface area contributed by atoms with Crippen molar-refractivity contribution in [2.45, 2.75) is 6.92 Å². The summed E-state index contributed by atoms with van der Waals surface area (Å²) < 4.78 is 0. The van der Waals surface area contributed by atoms with Crippen molar-refractivity contribution in [1.82, 2.24) is 5.01 Å². The molecule has 1 amide bonds. The SMILES string of the molecule is Cc1cccc(C2=NN3C(=N)C(=Cc4ccc(N(C)C)cc4)C(=O)N=C3S2)c1. The standard InChI is InChI=1S/C21H19N5OS/c1-13-5-4-6-15(11-13)20-24-26-18(22)17(19(27)23-21(26)28-20)12-14-7-9-16(10-8-14)25(2)3/h4-12,22H,1-3H3. The lowest BCUT2D eigenvalue weighted by atomic mass is 10.1. The average molecular weight is 389 g/mol. The van der Waals surface area contributed by atoms with Gasteiger partial charge in [0.2, 0.25) is 5.17 Å². The van der Waals surface area contributed by atoms with Gasteiger partial charge in [-0.2, -0.15) is 15.1 Å². The zero-order valence-corrected chi connectivity index (χ0v) is 16.6. The van der Waals surface area contributed by atoms with Gasteiger partial charge in [-0.1, -0.05) is 35.9 Å². The third kappa shape index (κ3) is 3.36. The van der Waals surface area contributed by atoms with Crippen LogP contribution in [0, 0.1) is 12.3 Å². The van der Waals surface area contributed by atoms with E-state index >= 15 is 0 Å². The highest BCUT2D eigenvalue weighted by Gasteiger charge is 2.36. The number of aryl methyl sites for hydroxylation is 1. The Morgan fingerprint density at radius 3 is 2.57 bits per heavy atom. The molecule has 2 aliphatic heterocycles. The molecule has 4 rings (SSSR count). The Morgan fingerprint density at radius 2 is 1.89 bits per heavy atom. The van der Waals surface area contributed by atoms with Gasteiger partial charge in [-0.3, -0.25) is 10.2 Å². The van der Waals surface area contributed by atoms with Gasteiger partial charge >= 0.3 is 0 Å². The number of hydrazone groups is 1. The fourth-order valence-corrected chi connectivity index (χ4v) is 3.81. The second-order valence-corrected chi connectivity index (χ2v) is 7.74. The van der Waals surface area contributed by atoms with Crippen LogP contribution in [0.2, 0.25) is 0 Å². The van der Waals surface area contributed by atoms with Gasteiger partial charge in [0.15, 0.2) is 5.84 Å². The molecule has 0 aliphatic carbocycles. The molecule has 0 fully saturated rings. The molecule has 0 aromatic heterocycles. The van der Waals surface area contributed by atoms with E-state index in [2.05, 4.69) is 10.1 Å². The number of nitrogens with zero attached hydrogens (tertiary/aromatic N) is 4. The lowest BCUT2D eigenvalue weighted by Gasteiger charge is -2.20. The summed E-state index contributed by atoms with van der Waals surface area (Å²) in [5.41, 5.74) is 4.21. The van der Waals surface area contributed by atoms with E-state index < -0.39 is 5.91 Å². The Morgan fingerprint density at radius 1 is 1.14 bits per heavy atom. The van der Waals surface area contributed by atoms with Gasteiger partial charge in [-0.25, -0.2) is 0 Å². The first-order chi connectivity index (χ1) is 13.4. The maximum absolute atomic E-state index is 12.5. The van der Waals surface area contributed by atoms with Crippen LogP contribution in [0.15, 0.2) is 64.2 Å². The van der Waals surface area contributed by atoms with E-state index in [-0.39, 0.29) is 11.4 Å². The number of amidine groups is 2. The minimum atomic E-state index is -0.416. The fourth-order valence-electron chi connectivity index (χ4n) is 2.92. The number of hydrogen-bond acceptors (Lipinski definition) is 5. The first-order valence-electron chi connectivity index (χ1n) is 8.77. The molecule has 6 nitrogen and oxygen atoms in total. The Kier molecular flexibility index (Phi) is 4.60. The van der Waals surface area contributed by atoms with Crippen molar-refractivity contribution in [3.63, 3.8) is 0 Å². The van der Waals surface area contributed by atoms with Gasteiger partial charge in [-0.05, 0) is 48.5 Å². The summed E-state index contributed by atoms with van der Waals surface area (Å²) in [5, 5.41) is 15.6. The Bertz CT molecular complexity index is 1070. The number of carbonyl (C=O) groups excluding carboxylic acids is 1. The van der Waals surface area contributed by atoms with Crippen LogP contribution in [0.5, 0.6) is 0 Å². The quantitative estimate of drug-likeness (QED) is 0.812. The summed E-state index contributed by atoms with van der Waals surface area (Å²) in [4.78, 5) is 18.7. The first kappa shape index (κ1) is 18.2. The molecule has 28 heavy (non-hydrogen) atoms. The second-order valence-electron chi connectivity index (χ2n) is 6.78. The number of nitrogens with one attached hydrogen (secondary N) is 1. The van der Waals surface area contributed by atoms with Crippen LogP contribution >= 0.6 is 11.8 Å². The molecule has 2 heterocycles. The largest absolute Gasteiger partial charge is 0.378 e. The molecule has 0 bridgehead atoms. The van der Waals surface area contributed by atoms with E-state index in [4.69, 9.17) is 5.41 Å². The number of amides is 1. The molecule has 2 aromatic rings. The number of thioether (sulfide) groups is 1. The minimum Gasteiger partial charge on any atom is -0.378 e. The Balaban J connectivity index is 1.65. The van der Waals surface area contributed by atoms with Gasteiger partial charge in [-0.15, -0.1) is 0 Å². The van der Waals surface area contributed by atoms with E-state index in [0.29, 0.717) is 5.17 Å². The minimum absolute atomic E-state index is 0.0434. The number of fused-ring (bicyclic) bond motifs is 1. The van der Waals surface area contributed by atoms with Gasteiger partial charge < -0.3 is 4.90 Å². The van der Waals surface area contributed by atoms with Crippen molar-refractivity contribution in [1.29, 1.82) is 5.41 Å². The van der Waals surface area contributed by atoms with E-state index in [9.17, 15) is 4.79 Å². The smallest absolute Gasteiger partial charge is 0.283 e. The maximum atomic E-state index is 12.5. The van der Waals surface area contributed by atoms with E-state index in [1.54, 1.807) is 6.08 Å². The van der Waals surface area contributed by atoms with Gasteiger partial charge in [0.25, 0.3) is 5.91 Å². The summed E-state index contributed by atoms with van der Waals surface area (Å²) in [6, 6.07) is 15.8. The number of hydrogen-bond donors (Lipinski definition) is 1. The summed E-state index contributed by atoms with van der Waals surface area (Å²) >= 11 is 1.31. The molecule has 0 saturated heterocycles. The molecule has 0 atom stereocenters. The number of aliphatic imine (C=N–C) groups is 1. The van der Waals surface area contributed by atoms with Crippen LogP contribution < -0.4 is 4.90 Å². The van der Waals surface area contributed by atoms with E-state index in [0.717, 1.165) is 27.4 Å². The van der Waals surface area contributed by atoms with Crippen LogP contribution in [-0.4, -0.2) is 41.1 Å². The molecule has 0 saturated carbocycles. The lowest BCUT2D eigenvalue weighted by Crippen LogP contribution is -2.35. The number of anilines is 1. The molecule has 0 unspecified atom stereocenters. The Hall–Kier alpha value is -3.19. The molecule has 2 aromatic carbocycles. The maximum Gasteiger partial charge on any atom is 0.283 e. The highest BCUT2D eigenvalue weighted by molar-refractivity contribution is 8.27. The van der Waals surface area contributed by atoms with Crippen LogP contribution in [-0.2, 0) is 4.79 Å². The molecule has 1 N–H and O–H groups in total. The molecule has 0 radical (unpaired) electrons. The van der Waals surface area contributed by atoms with Crippen LogP contribution in [0.1, 0.15) is 16.7 Å². The topological polar surface area (TPSA) is 72.1 Å². The van der Waals surface area contributed by atoms with Gasteiger partial charge in [0.1, 0.15) is 5.04 Å². The first-order valence-corrected chi connectivity index (χ1v) is 9.59. The molecular formula is C21H19N5OS. The summed E-state index contributed by atoms with van der Waals surface area (Å²) in [6.45, 7) is 2.02. The van der Waals surface area contributed by atoms with Crippen LogP contribution in [0.25, 0.3) is 6.08 Å². The van der Waals surface area contributed by atoms with Crippen molar-refractivity contribution in [3.05, 3.63) is 70.8 Å². The number of benzene rings is 2. The molecule has 140 valence electrons. The third-order valence-electron chi connectivity index (χ3n) is 4.44. The van der Waals surface area contributed by atoms with E-state index in [1.807, 2.05) is 74.4 Å². The fraction of sp³-hybridized carbons (Fsp3) is 0.143. The van der Waals surface area contributed by atoms with Crippen LogP contribution in [0.3, 0.4) is 0 Å². The van der Waals surface area contributed by atoms with Crippen molar-refractivity contribution in [2.24, 2.45) is 10.1 Å². The number of rotatable bonds is 3. The highest BCUT2D eigenvalue weighted by atomic mass is 32.2. The monoisotopic (exact) mass is 389 g/mol. The van der Waals surface area contributed by atoms with Gasteiger partial charge in [0, 0.05) is 25.3 Å². The lowest BCUT2D eigenvalue weighted by molar-refractivity contribution is -0.114. The predicted molar refractivity (Wildman–Crippen MR) is 116 cm³/mol. The highest BCUT2D eigenvalue weighted by Crippen LogP contribution is 2.31. The van der Waals surface area contributed by atoms with Crippen molar-refractivity contribution >= 4 is 45.5 Å². The summed E-state index contributed by atoms with van der Waals surface area (Å²) in [6.07, 6.45) is 1.69. The predicted octanol–water partition coefficient (Wildman–Crippen LogP) is 3.73. The zero-order valence-electron chi connectivity index (χ0n) is 15.8. The van der Waals surface area contributed by atoms with Crippen molar-refractivity contribution in [3.8, 4) is 0 Å². The molecule has 0 spiro atoms. The molecule has 7 heteroatoms. The van der Waals surface area contributed by atoms with Gasteiger partial charge in [0.05, 0.1) is 5.57 Å². The second kappa shape index (κ2) is 7.09. The summed E-state index contributed by atoms with van der Waals surface area (Å²) in [5.74, 6) is -0.372. The third-order valence-corrected chi connectivity index (χ3v) is 5.40. The summed E-state index contributed by atoms with van der Waals surface area (Å²) in [7, 11) is 3.94. The van der Waals surface area contributed by atoms with E-state index in [1.165, 1.54) is 16.8 Å². The molecular weight excluding hydrogens is 370 g/mol.